The van der Waals surface area contributed by atoms with Crippen LogP contribution in [0.1, 0.15) is 34.6 Å². The van der Waals surface area contributed by atoms with Gasteiger partial charge in [0, 0.05) is 18.6 Å². The third kappa shape index (κ3) is 3.09. The molecule has 1 fully saturated rings. The summed E-state index contributed by atoms with van der Waals surface area (Å²) in [6.45, 7) is 10.9. The highest BCUT2D eigenvalue weighted by Gasteiger charge is 2.40. The Balaban J connectivity index is 2.58. The number of likely N-dealkylation sites (tertiary alicyclic amines) is 1. The molecule has 1 heterocycles. The fourth-order valence-corrected chi connectivity index (χ4v) is 1.64. The van der Waals surface area contributed by atoms with Gasteiger partial charge in [-0.2, -0.15) is 0 Å². The Labute approximate surface area is 91.8 Å². The van der Waals surface area contributed by atoms with Crippen molar-refractivity contribution < 1.29 is 9.53 Å². The Morgan fingerprint density at radius 1 is 1.53 bits per heavy atom. The van der Waals surface area contributed by atoms with Gasteiger partial charge in [-0.3, -0.25) is 0 Å². The maximum atomic E-state index is 11.7. The highest BCUT2D eigenvalue weighted by Crippen LogP contribution is 2.25. The Morgan fingerprint density at radius 3 is 2.40 bits per heavy atom. The Bertz CT molecular complexity index is 256. The van der Waals surface area contributed by atoms with Gasteiger partial charge in [-0.25, -0.2) is 4.79 Å². The maximum absolute atomic E-state index is 11.7. The fraction of sp³-hybridized carbons (Fsp3) is 0.909. The second kappa shape index (κ2) is 3.67. The van der Waals surface area contributed by atoms with E-state index in [1.165, 1.54) is 0 Å². The summed E-state index contributed by atoms with van der Waals surface area (Å²) in [4.78, 5) is 13.4. The third-order valence-corrected chi connectivity index (χ3v) is 2.80. The monoisotopic (exact) mass is 214 g/mol. The predicted molar refractivity (Wildman–Crippen MR) is 59.6 cm³/mol. The van der Waals surface area contributed by atoms with Crippen molar-refractivity contribution in [1.82, 2.24) is 4.90 Å². The summed E-state index contributed by atoms with van der Waals surface area (Å²) >= 11 is 0. The number of hydrogen-bond acceptors (Lipinski definition) is 3. The van der Waals surface area contributed by atoms with Gasteiger partial charge in [-0.1, -0.05) is 6.92 Å². The highest BCUT2D eigenvalue weighted by molar-refractivity contribution is 5.68. The van der Waals surface area contributed by atoms with Crippen LogP contribution in [0.5, 0.6) is 0 Å². The van der Waals surface area contributed by atoms with E-state index in [-0.39, 0.29) is 11.6 Å². The van der Waals surface area contributed by atoms with Crippen molar-refractivity contribution in [2.45, 2.75) is 45.8 Å². The lowest BCUT2D eigenvalue weighted by molar-refractivity contribution is 0.0283. The molecule has 1 rings (SSSR count). The van der Waals surface area contributed by atoms with Crippen LogP contribution >= 0.6 is 0 Å². The minimum Gasteiger partial charge on any atom is -0.444 e. The summed E-state index contributed by atoms with van der Waals surface area (Å²) in [5, 5.41) is 0. The van der Waals surface area contributed by atoms with Gasteiger partial charge < -0.3 is 15.4 Å². The molecule has 1 saturated heterocycles. The average molecular weight is 214 g/mol. The molecule has 0 spiro atoms. The van der Waals surface area contributed by atoms with Gasteiger partial charge in [0.1, 0.15) is 5.60 Å². The number of hydrogen-bond donors (Lipinski definition) is 1. The largest absolute Gasteiger partial charge is 0.444 e. The summed E-state index contributed by atoms with van der Waals surface area (Å²) in [7, 11) is 0. The highest BCUT2D eigenvalue weighted by atomic mass is 16.6. The molecule has 0 aromatic carbocycles. The van der Waals surface area contributed by atoms with Crippen LogP contribution in [0.2, 0.25) is 0 Å². The van der Waals surface area contributed by atoms with Crippen LogP contribution in [-0.2, 0) is 4.74 Å². The first-order valence-electron chi connectivity index (χ1n) is 5.38. The van der Waals surface area contributed by atoms with E-state index in [1.807, 2.05) is 27.7 Å². The minimum atomic E-state index is -0.437. The molecule has 4 nitrogen and oxygen atoms in total. The van der Waals surface area contributed by atoms with Crippen molar-refractivity contribution >= 4 is 6.09 Å². The molecule has 0 aliphatic carbocycles. The lowest BCUT2D eigenvalue weighted by atomic mass is 9.92. The molecule has 1 amide bonds. The number of carbonyl (C=O) groups excluding carboxylic acids is 1. The Morgan fingerprint density at radius 2 is 2.07 bits per heavy atom. The minimum absolute atomic E-state index is 0.261. The molecule has 15 heavy (non-hydrogen) atoms. The number of ether oxygens (including phenoxy) is 1. The van der Waals surface area contributed by atoms with Crippen molar-refractivity contribution in [3.63, 3.8) is 0 Å². The van der Waals surface area contributed by atoms with E-state index in [4.69, 9.17) is 10.5 Å². The van der Waals surface area contributed by atoms with Crippen LogP contribution in [-0.4, -0.2) is 35.2 Å². The molecule has 4 heteroatoms. The first-order chi connectivity index (χ1) is 6.62. The zero-order valence-corrected chi connectivity index (χ0v) is 10.3. The van der Waals surface area contributed by atoms with Gasteiger partial charge in [-0.05, 0) is 33.6 Å². The van der Waals surface area contributed by atoms with Crippen LogP contribution in [0.3, 0.4) is 0 Å². The lowest BCUT2D eigenvalue weighted by Gasteiger charge is -2.25. The van der Waals surface area contributed by atoms with Gasteiger partial charge >= 0.3 is 6.09 Å². The van der Waals surface area contributed by atoms with E-state index < -0.39 is 5.60 Å². The summed E-state index contributed by atoms with van der Waals surface area (Å²) in [6, 6.07) is 0. The predicted octanol–water partition coefficient (Wildman–Crippen LogP) is 1.59. The van der Waals surface area contributed by atoms with E-state index in [1.54, 1.807) is 4.90 Å². The molecule has 2 N–H and O–H groups in total. The Kier molecular flexibility index (Phi) is 3.01. The van der Waals surface area contributed by atoms with Gasteiger partial charge in [0.25, 0.3) is 0 Å². The van der Waals surface area contributed by atoms with Crippen LogP contribution < -0.4 is 5.73 Å². The van der Waals surface area contributed by atoms with Crippen molar-refractivity contribution in [3.8, 4) is 0 Å². The molecular formula is C11H22N2O2. The molecule has 0 aromatic heterocycles. The van der Waals surface area contributed by atoms with E-state index in [9.17, 15) is 4.79 Å². The van der Waals surface area contributed by atoms with Crippen molar-refractivity contribution in [3.05, 3.63) is 0 Å². The average Bonchev–Trinajstić information content (AvgIpc) is 2.23. The number of nitrogens with two attached hydrogens (primary N) is 1. The van der Waals surface area contributed by atoms with Crippen LogP contribution in [0.15, 0.2) is 0 Å². The first-order valence-corrected chi connectivity index (χ1v) is 5.38. The normalized spacial score (nSPS) is 31.9. The van der Waals surface area contributed by atoms with Crippen molar-refractivity contribution in [2.75, 3.05) is 13.1 Å². The molecule has 0 saturated carbocycles. The van der Waals surface area contributed by atoms with Gasteiger partial charge in [-0.15, -0.1) is 0 Å². The number of amides is 1. The number of nitrogens with zero attached hydrogens (tertiary/aromatic N) is 1. The summed E-state index contributed by atoms with van der Waals surface area (Å²) < 4.78 is 5.29. The smallest absolute Gasteiger partial charge is 0.410 e. The van der Waals surface area contributed by atoms with E-state index in [0.717, 1.165) is 0 Å². The van der Waals surface area contributed by atoms with Gasteiger partial charge in [0.15, 0.2) is 0 Å². The first kappa shape index (κ1) is 12.3. The second-order valence-corrected chi connectivity index (χ2v) is 5.77. The zero-order chi connectivity index (χ0) is 11.9. The van der Waals surface area contributed by atoms with E-state index >= 15 is 0 Å². The van der Waals surface area contributed by atoms with Crippen LogP contribution in [0.25, 0.3) is 0 Å². The SMILES string of the molecule is C[C@@H]1CN(C(=O)OC(C)(C)C)C[C@@]1(C)N. The van der Waals surface area contributed by atoms with Gasteiger partial charge in [0.2, 0.25) is 0 Å². The fourth-order valence-electron chi connectivity index (χ4n) is 1.64. The van der Waals surface area contributed by atoms with Crippen molar-refractivity contribution in [1.29, 1.82) is 0 Å². The van der Waals surface area contributed by atoms with Crippen molar-refractivity contribution in [2.24, 2.45) is 11.7 Å². The topological polar surface area (TPSA) is 55.6 Å². The molecule has 0 unspecified atom stereocenters. The quantitative estimate of drug-likeness (QED) is 0.666. The maximum Gasteiger partial charge on any atom is 0.410 e. The molecule has 2 atom stereocenters. The number of carbonyl (C=O) groups is 1. The third-order valence-electron chi connectivity index (χ3n) is 2.80. The zero-order valence-electron chi connectivity index (χ0n) is 10.3. The van der Waals surface area contributed by atoms with Gasteiger partial charge in [0.05, 0.1) is 0 Å². The molecule has 0 bridgehead atoms. The van der Waals surface area contributed by atoms with Crippen LogP contribution in [0, 0.1) is 5.92 Å². The van der Waals surface area contributed by atoms with Crippen LogP contribution in [0.4, 0.5) is 4.79 Å². The standard InChI is InChI=1S/C11H22N2O2/c1-8-6-13(7-11(8,5)12)9(14)15-10(2,3)4/h8H,6-7,12H2,1-5H3/t8-,11-/m1/s1. The number of rotatable bonds is 0. The molecule has 0 radical (unpaired) electrons. The molecule has 1 aliphatic rings. The summed E-state index contributed by atoms with van der Waals surface area (Å²) in [5.41, 5.74) is 5.33. The molecule has 88 valence electrons. The second-order valence-electron chi connectivity index (χ2n) is 5.77. The molecular weight excluding hydrogens is 192 g/mol. The van der Waals surface area contributed by atoms with E-state index in [2.05, 4.69) is 6.92 Å². The lowest BCUT2D eigenvalue weighted by Crippen LogP contribution is -2.44. The molecule has 1 aliphatic heterocycles. The summed E-state index contributed by atoms with van der Waals surface area (Å²) in [6.07, 6.45) is -0.261. The molecule has 0 aromatic rings. The van der Waals surface area contributed by atoms with E-state index in [0.29, 0.717) is 19.0 Å². The summed E-state index contributed by atoms with van der Waals surface area (Å²) in [5.74, 6) is 0.310. The Hall–Kier alpha value is -0.770.